The van der Waals surface area contributed by atoms with Gasteiger partial charge in [-0.1, -0.05) is 35.9 Å². The molecule has 1 heterocycles. The maximum Gasteiger partial charge on any atom is 0.323 e. The SMILES string of the molecule is COc1cccc(CNc2ccc3[nH]c(=O)[nH]c3c2)c1OCc1ccc(Cl)cc1.Cl. The zero-order valence-corrected chi connectivity index (χ0v) is 17.8. The molecular weight excluding hydrogens is 425 g/mol. The summed E-state index contributed by atoms with van der Waals surface area (Å²) in [6.45, 7) is 0.939. The van der Waals surface area contributed by atoms with Crippen LogP contribution >= 0.6 is 24.0 Å². The van der Waals surface area contributed by atoms with Crippen molar-refractivity contribution in [2.24, 2.45) is 0 Å². The second kappa shape index (κ2) is 9.61. The highest BCUT2D eigenvalue weighted by Crippen LogP contribution is 2.32. The van der Waals surface area contributed by atoms with Gasteiger partial charge in [0.05, 0.1) is 18.1 Å². The normalized spacial score (nSPS) is 10.5. The molecule has 0 spiro atoms. The summed E-state index contributed by atoms with van der Waals surface area (Å²) < 4.78 is 11.6. The number of hydrogen-bond acceptors (Lipinski definition) is 4. The van der Waals surface area contributed by atoms with Gasteiger partial charge in [-0.25, -0.2) is 4.79 Å². The molecule has 4 rings (SSSR count). The van der Waals surface area contributed by atoms with Gasteiger partial charge in [0.2, 0.25) is 0 Å². The summed E-state index contributed by atoms with van der Waals surface area (Å²) in [5.41, 5.74) is 4.17. The van der Waals surface area contributed by atoms with E-state index in [9.17, 15) is 4.79 Å². The van der Waals surface area contributed by atoms with E-state index < -0.39 is 0 Å². The van der Waals surface area contributed by atoms with Gasteiger partial charge in [0.25, 0.3) is 0 Å². The summed E-state index contributed by atoms with van der Waals surface area (Å²) in [5.74, 6) is 1.36. The van der Waals surface area contributed by atoms with Gasteiger partial charge in [0.1, 0.15) is 6.61 Å². The van der Waals surface area contributed by atoms with Crippen molar-refractivity contribution in [2.75, 3.05) is 12.4 Å². The average molecular weight is 446 g/mol. The van der Waals surface area contributed by atoms with Crippen LogP contribution < -0.4 is 20.5 Å². The second-order valence-electron chi connectivity index (χ2n) is 6.56. The van der Waals surface area contributed by atoms with Crippen LogP contribution in [0.5, 0.6) is 11.5 Å². The van der Waals surface area contributed by atoms with Gasteiger partial charge in [0.15, 0.2) is 11.5 Å². The molecule has 156 valence electrons. The van der Waals surface area contributed by atoms with Crippen LogP contribution in [0, 0.1) is 0 Å². The molecule has 30 heavy (non-hydrogen) atoms. The molecule has 8 heteroatoms. The largest absolute Gasteiger partial charge is 0.493 e. The predicted molar refractivity (Wildman–Crippen MR) is 122 cm³/mol. The number of para-hydroxylation sites is 1. The minimum absolute atomic E-state index is 0. The Morgan fingerprint density at radius 1 is 1.00 bits per heavy atom. The quantitative estimate of drug-likeness (QED) is 0.368. The van der Waals surface area contributed by atoms with Crippen LogP contribution in [0.25, 0.3) is 11.0 Å². The lowest BCUT2D eigenvalue weighted by atomic mass is 10.1. The van der Waals surface area contributed by atoms with E-state index in [4.69, 9.17) is 21.1 Å². The molecule has 3 N–H and O–H groups in total. The van der Waals surface area contributed by atoms with Crippen LogP contribution in [-0.4, -0.2) is 17.1 Å². The number of nitrogens with one attached hydrogen (secondary N) is 3. The molecule has 0 aliphatic rings. The number of methoxy groups -OCH3 is 1. The zero-order chi connectivity index (χ0) is 20.2. The third-order valence-electron chi connectivity index (χ3n) is 4.58. The van der Waals surface area contributed by atoms with Crippen molar-refractivity contribution in [2.45, 2.75) is 13.2 Å². The maximum absolute atomic E-state index is 11.4. The molecular formula is C22H21Cl2N3O3. The van der Waals surface area contributed by atoms with Crippen molar-refractivity contribution in [3.05, 3.63) is 87.3 Å². The van der Waals surface area contributed by atoms with E-state index in [-0.39, 0.29) is 18.1 Å². The van der Waals surface area contributed by atoms with Crippen LogP contribution in [0.1, 0.15) is 11.1 Å². The highest BCUT2D eigenvalue weighted by molar-refractivity contribution is 6.30. The third kappa shape index (κ3) is 4.90. The molecule has 0 fully saturated rings. The van der Waals surface area contributed by atoms with Gasteiger partial charge < -0.3 is 24.8 Å². The van der Waals surface area contributed by atoms with Gasteiger partial charge in [-0.2, -0.15) is 0 Å². The Kier molecular flexibility index (Phi) is 6.92. The third-order valence-corrected chi connectivity index (χ3v) is 4.83. The highest BCUT2D eigenvalue weighted by Gasteiger charge is 2.11. The summed E-state index contributed by atoms with van der Waals surface area (Å²) in [5, 5.41) is 4.06. The first-order chi connectivity index (χ1) is 14.1. The fourth-order valence-corrected chi connectivity index (χ4v) is 3.23. The van der Waals surface area contributed by atoms with Crippen LogP contribution in [0.2, 0.25) is 5.02 Å². The summed E-state index contributed by atoms with van der Waals surface area (Å²) in [6, 6.07) is 19.0. The lowest BCUT2D eigenvalue weighted by Crippen LogP contribution is -2.05. The number of ether oxygens (including phenoxy) is 2. The van der Waals surface area contributed by atoms with Gasteiger partial charge in [-0.3, -0.25) is 0 Å². The highest BCUT2D eigenvalue weighted by atomic mass is 35.5. The lowest BCUT2D eigenvalue weighted by molar-refractivity contribution is 0.281. The Labute approximate surface area is 184 Å². The smallest absolute Gasteiger partial charge is 0.323 e. The van der Waals surface area contributed by atoms with Gasteiger partial charge >= 0.3 is 5.69 Å². The van der Waals surface area contributed by atoms with E-state index in [0.29, 0.717) is 29.7 Å². The molecule has 6 nitrogen and oxygen atoms in total. The fraction of sp³-hybridized carbons (Fsp3) is 0.136. The van der Waals surface area contributed by atoms with Crippen LogP contribution in [0.3, 0.4) is 0 Å². The van der Waals surface area contributed by atoms with Gasteiger partial charge in [0, 0.05) is 22.8 Å². The first-order valence-corrected chi connectivity index (χ1v) is 9.49. The number of aromatic nitrogens is 2. The Bertz CT molecular complexity index is 1190. The van der Waals surface area contributed by atoms with E-state index in [1.807, 2.05) is 60.7 Å². The van der Waals surface area contributed by atoms with Crippen molar-refractivity contribution in [1.82, 2.24) is 9.97 Å². The van der Waals surface area contributed by atoms with Gasteiger partial charge in [-0.15, -0.1) is 12.4 Å². The first kappa shape index (κ1) is 21.6. The summed E-state index contributed by atoms with van der Waals surface area (Å²) in [4.78, 5) is 16.9. The van der Waals surface area contributed by atoms with Crippen LogP contribution in [-0.2, 0) is 13.2 Å². The minimum atomic E-state index is -0.220. The zero-order valence-electron chi connectivity index (χ0n) is 16.2. The van der Waals surface area contributed by atoms with Crippen molar-refractivity contribution in [3.8, 4) is 11.5 Å². The topological polar surface area (TPSA) is 79.1 Å². The lowest BCUT2D eigenvalue weighted by Gasteiger charge is -2.16. The molecule has 0 unspecified atom stereocenters. The molecule has 4 aromatic rings. The Morgan fingerprint density at radius 2 is 1.77 bits per heavy atom. The molecule has 3 aromatic carbocycles. The molecule has 0 saturated heterocycles. The van der Waals surface area contributed by atoms with E-state index >= 15 is 0 Å². The number of aromatic amines is 2. The minimum Gasteiger partial charge on any atom is -0.493 e. The molecule has 0 amide bonds. The number of rotatable bonds is 7. The molecule has 0 radical (unpaired) electrons. The molecule has 0 atom stereocenters. The van der Waals surface area contributed by atoms with Crippen molar-refractivity contribution in [3.63, 3.8) is 0 Å². The number of fused-ring (bicyclic) bond motifs is 1. The Morgan fingerprint density at radius 3 is 2.53 bits per heavy atom. The van der Waals surface area contributed by atoms with Crippen molar-refractivity contribution >= 4 is 40.7 Å². The molecule has 0 aliphatic heterocycles. The van der Waals surface area contributed by atoms with E-state index in [1.165, 1.54) is 0 Å². The number of benzene rings is 3. The second-order valence-corrected chi connectivity index (χ2v) is 6.99. The number of anilines is 1. The standard InChI is InChI=1S/C22H20ClN3O3.ClH/c1-28-20-4-2-3-15(21(20)29-13-14-5-7-16(23)8-6-14)12-24-17-9-10-18-19(11-17)26-22(27)25-18;/h2-11,24H,12-13H2,1H3,(H2,25,26,27);1H. The molecule has 1 aromatic heterocycles. The van der Waals surface area contributed by atoms with Crippen molar-refractivity contribution < 1.29 is 9.47 Å². The summed E-state index contributed by atoms with van der Waals surface area (Å²) in [7, 11) is 1.62. The van der Waals surface area contributed by atoms with E-state index in [0.717, 1.165) is 27.8 Å². The Balaban J connectivity index is 0.00000256. The molecule has 0 bridgehead atoms. The number of imidazole rings is 1. The summed E-state index contributed by atoms with van der Waals surface area (Å²) >= 11 is 5.95. The fourth-order valence-electron chi connectivity index (χ4n) is 3.10. The number of H-pyrrole nitrogens is 2. The molecule has 0 aliphatic carbocycles. The van der Waals surface area contributed by atoms with Crippen LogP contribution in [0.4, 0.5) is 5.69 Å². The summed E-state index contributed by atoms with van der Waals surface area (Å²) in [6.07, 6.45) is 0. The van der Waals surface area contributed by atoms with E-state index in [1.54, 1.807) is 7.11 Å². The van der Waals surface area contributed by atoms with E-state index in [2.05, 4.69) is 15.3 Å². The van der Waals surface area contributed by atoms with Gasteiger partial charge in [-0.05, 0) is 42.0 Å². The maximum atomic E-state index is 11.4. The monoisotopic (exact) mass is 445 g/mol. The number of halogens is 2. The number of hydrogen-bond donors (Lipinski definition) is 3. The van der Waals surface area contributed by atoms with Crippen LogP contribution in [0.15, 0.2) is 65.5 Å². The Hall–Kier alpha value is -3.09. The first-order valence-electron chi connectivity index (χ1n) is 9.11. The average Bonchev–Trinajstić information content (AvgIpc) is 3.11. The van der Waals surface area contributed by atoms with Crippen molar-refractivity contribution in [1.29, 1.82) is 0 Å². The molecule has 0 saturated carbocycles. The predicted octanol–water partition coefficient (Wildman–Crippen LogP) is 5.13.